The van der Waals surface area contributed by atoms with Crippen LogP contribution in [-0.2, 0) is 9.05 Å². The first-order chi connectivity index (χ1) is 7.38. The van der Waals surface area contributed by atoms with Gasteiger partial charge >= 0.3 is 0 Å². The molecule has 0 atom stereocenters. The third-order valence-corrected chi connectivity index (χ3v) is 3.05. The molecular weight excluding hydrogens is 250 g/mol. The molecule has 4 nitrogen and oxygen atoms in total. The molecule has 0 radical (unpaired) electrons. The largest absolute Gasteiger partial charge is 0.492 e. The van der Waals surface area contributed by atoms with E-state index in [9.17, 15) is 8.42 Å². The van der Waals surface area contributed by atoms with E-state index < -0.39 is 9.05 Å². The van der Waals surface area contributed by atoms with E-state index in [0.717, 1.165) is 5.69 Å². The molecule has 0 bridgehead atoms. The second-order valence-electron chi connectivity index (χ2n) is 3.48. The number of hydrogen-bond acceptors (Lipinski definition) is 4. The van der Waals surface area contributed by atoms with Gasteiger partial charge in [-0.25, -0.2) is 8.42 Å². The van der Waals surface area contributed by atoms with Crippen LogP contribution in [0.1, 0.15) is 0 Å². The first-order valence-corrected chi connectivity index (χ1v) is 7.19. The van der Waals surface area contributed by atoms with Crippen LogP contribution in [0.25, 0.3) is 0 Å². The van der Waals surface area contributed by atoms with E-state index >= 15 is 0 Å². The van der Waals surface area contributed by atoms with Gasteiger partial charge < -0.3 is 9.64 Å². The van der Waals surface area contributed by atoms with Gasteiger partial charge in [-0.15, -0.1) is 0 Å². The van der Waals surface area contributed by atoms with Crippen LogP contribution in [0.15, 0.2) is 24.3 Å². The monoisotopic (exact) mass is 263 g/mol. The second kappa shape index (κ2) is 5.41. The maximum absolute atomic E-state index is 10.7. The van der Waals surface area contributed by atoms with E-state index in [1.54, 1.807) is 6.07 Å². The quantitative estimate of drug-likeness (QED) is 0.759. The standard InChI is InChI=1S/C10H14ClNO3S/c1-12(2)9-4-3-5-10(8-9)15-6-7-16(11,13)14/h3-5,8H,6-7H2,1-2H3. The summed E-state index contributed by atoms with van der Waals surface area (Å²) in [6.07, 6.45) is 0. The molecule has 0 aliphatic carbocycles. The van der Waals surface area contributed by atoms with Gasteiger partial charge in [-0.2, -0.15) is 0 Å². The molecule has 0 spiro atoms. The summed E-state index contributed by atoms with van der Waals surface area (Å²) in [5.74, 6) is 0.437. The van der Waals surface area contributed by atoms with E-state index in [1.165, 1.54) is 0 Å². The first-order valence-electron chi connectivity index (χ1n) is 4.71. The molecule has 0 aliphatic heterocycles. The zero-order valence-electron chi connectivity index (χ0n) is 9.18. The summed E-state index contributed by atoms with van der Waals surface area (Å²) >= 11 is 0. The highest BCUT2D eigenvalue weighted by molar-refractivity contribution is 8.13. The molecule has 0 saturated carbocycles. The van der Waals surface area contributed by atoms with Gasteiger partial charge in [0.1, 0.15) is 12.4 Å². The number of ether oxygens (including phenoxy) is 1. The Morgan fingerprint density at radius 1 is 1.38 bits per heavy atom. The summed E-state index contributed by atoms with van der Waals surface area (Å²) in [5, 5.41) is 0. The Balaban J connectivity index is 2.58. The normalized spacial score (nSPS) is 11.2. The molecule has 0 fully saturated rings. The average Bonchev–Trinajstić information content (AvgIpc) is 2.16. The number of rotatable bonds is 5. The van der Waals surface area contributed by atoms with Crippen LogP contribution in [0.2, 0.25) is 0 Å². The summed E-state index contributed by atoms with van der Waals surface area (Å²) in [6, 6.07) is 7.39. The summed E-state index contributed by atoms with van der Waals surface area (Å²) in [5.41, 5.74) is 0.992. The Labute approximate surface area is 100 Å². The molecule has 0 saturated heterocycles. The third kappa shape index (κ3) is 4.72. The fraction of sp³-hybridized carbons (Fsp3) is 0.400. The van der Waals surface area contributed by atoms with Gasteiger partial charge in [0.05, 0.1) is 5.75 Å². The number of hydrogen-bond donors (Lipinski definition) is 0. The first kappa shape index (κ1) is 13.1. The van der Waals surface area contributed by atoms with Gasteiger partial charge in [0, 0.05) is 36.5 Å². The fourth-order valence-electron chi connectivity index (χ4n) is 1.11. The van der Waals surface area contributed by atoms with E-state index in [0.29, 0.717) is 5.75 Å². The molecular formula is C10H14ClNO3S. The van der Waals surface area contributed by atoms with Crippen molar-refractivity contribution in [1.82, 2.24) is 0 Å². The van der Waals surface area contributed by atoms with Gasteiger partial charge in [0.15, 0.2) is 0 Å². The SMILES string of the molecule is CN(C)c1cccc(OCCS(=O)(=O)Cl)c1. The van der Waals surface area contributed by atoms with Crippen molar-refractivity contribution in [3.05, 3.63) is 24.3 Å². The van der Waals surface area contributed by atoms with Crippen LogP contribution in [0.5, 0.6) is 5.75 Å². The van der Waals surface area contributed by atoms with Crippen molar-refractivity contribution in [1.29, 1.82) is 0 Å². The maximum Gasteiger partial charge on any atom is 0.235 e. The van der Waals surface area contributed by atoms with Crippen molar-refractivity contribution in [2.45, 2.75) is 0 Å². The Bertz CT molecular complexity index is 445. The Morgan fingerprint density at radius 2 is 2.06 bits per heavy atom. The van der Waals surface area contributed by atoms with Crippen LogP contribution in [0.3, 0.4) is 0 Å². The minimum Gasteiger partial charge on any atom is -0.492 e. The highest BCUT2D eigenvalue weighted by Gasteiger charge is 2.05. The zero-order chi connectivity index (χ0) is 12.2. The predicted molar refractivity (Wildman–Crippen MR) is 65.9 cm³/mol. The van der Waals surface area contributed by atoms with Crippen molar-refractivity contribution in [3.63, 3.8) is 0 Å². The van der Waals surface area contributed by atoms with Crippen molar-refractivity contribution < 1.29 is 13.2 Å². The number of anilines is 1. The predicted octanol–water partition coefficient (Wildman–Crippen LogP) is 1.70. The van der Waals surface area contributed by atoms with Crippen LogP contribution in [0, 0.1) is 0 Å². The molecule has 0 aliphatic rings. The molecule has 0 unspecified atom stereocenters. The van der Waals surface area contributed by atoms with E-state index in [4.69, 9.17) is 15.4 Å². The van der Waals surface area contributed by atoms with Gasteiger partial charge in [-0.05, 0) is 12.1 Å². The van der Waals surface area contributed by atoms with Crippen molar-refractivity contribution in [2.24, 2.45) is 0 Å². The molecule has 0 amide bonds. The van der Waals surface area contributed by atoms with Crippen LogP contribution < -0.4 is 9.64 Å². The summed E-state index contributed by atoms with van der Waals surface area (Å²) in [4.78, 5) is 1.94. The molecule has 6 heteroatoms. The molecule has 1 aromatic carbocycles. The number of benzene rings is 1. The molecule has 0 aromatic heterocycles. The minimum absolute atomic E-state index is 0.0582. The summed E-state index contributed by atoms with van der Waals surface area (Å²) in [6.45, 7) is 0.0582. The van der Waals surface area contributed by atoms with E-state index in [1.807, 2.05) is 37.2 Å². The van der Waals surface area contributed by atoms with Crippen molar-refractivity contribution in [2.75, 3.05) is 31.4 Å². The van der Waals surface area contributed by atoms with Crippen molar-refractivity contribution in [3.8, 4) is 5.75 Å². The van der Waals surface area contributed by atoms with Gasteiger partial charge in [-0.1, -0.05) is 6.07 Å². The Hall–Kier alpha value is -0.940. The van der Waals surface area contributed by atoms with Gasteiger partial charge in [-0.3, -0.25) is 0 Å². The summed E-state index contributed by atoms with van der Waals surface area (Å²) < 4.78 is 26.6. The molecule has 90 valence electrons. The molecule has 0 N–H and O–H groups in total. The van der Waals surface area contributed by atoms with Crippen molar-refractivity contribution >= 4 is 25.4 Å². The number of nitrogens with zero attached hydrogens (tertiary/aromatic N) is 1. The van der Waals surface area contributed by atoms with Gasteiger partial charge in [0.25, 0.3) is 0 Å². The van der Waals surface area contributed by atoms with Crippen LogP contribution >= 0.6 is 10.7 Å². The topological polar surface area (TPSA) is 46.6 Å². The second-order valence-corrected chi connectivity index (χ2v) is 6.38. The number of halogens is 1. The molecule has 1 aromatic rings. The Morgan fingerprint density at radius 3 is 2.62 bits per heavy atom. The fourth-order valence-corrected chi connectivity index (χ4v) is 1.58. The van der Waals surface area contributed by atoms with E-state index in [-0.39, 0.29) is 12.4 Å². The van der Waals surface area contributed by atoms with Crippen LogP contribution in [-0.4, -0.2) is 34.9 Å². The van der Waals surface area contributed by atoms with Gasteiger partial charge in [0.2, 0.25) is 9.05 Å². The van der Waals surface area contributed by atoms with E-state index in [2.05, 4.69) is 0 Å². The minimum atomic E-state index is -3.48. The highest BCUT2D eigenvalue weighted by atomic mass is 35.7. The third-order valence-electron chi connectivity index (χ3n) is 1.93. The lowest BCUT2D eigenvalue weighted by Gasteiger charge is -2.13. The lowest BCUT2D eigenvalue weighted by Crippen LogP contribution is -2.10. The lowest BCUT2D eigenvalue weighted by molar-refractivity contribution is 0.341. The smallest absolute Gasteiger partial charge is 0.235 e. The average molecular weight is 264 g/mol. The highest BCUT2D eigenvalue weighted by Crippen LogP contribution is 2.19. The Kier molecular flexibility index (Phi) is 4.44. The molecule has 1 rings (SSSR count). The van der Waals surface area contributed by atoms with Crippen LogP contribution in [0.4, 0.5) is 5.69 Å². The maximum atomic E-state index is 10.7. The molecule has 16 heavy (non-hydrogen) atoms. The zero-order valence-corrected chi connectivity index (χ0v) is 10.8. The summed E-state index contributed by atoms with van der Waals surface area (Å²) in [7, 11) is 5.42. The lowest BCUT2D eigenvalue weighted by atomic mass is 10.3. The molecule has 0 heterocycles.